The maximum Gasteiger partial charge on any atom is 0.342 e. The zero-order valence-electron chi connectivity index (χ0n) is 43.9. The molecule has 3 atom stereocenters. The Morgan fingerprint density at radius 1 is 1.07 bits per heavy atom. The van der Waals surface area contributed by atoms with Gasteiger partial charge in [0.1, 0.15) is 6.04 Å². The van der Waals surface area contributed by atoms with Gasteiger partial charge in [0, 0.05) is 118 Å². The summed E-state index contributed by atoms with van der Waals surface area (Å²) in [7, 11) is 3.03. The summed E-state index contributed by atoms with van der Waals surface area (Å²) in [6.07, 6.45) is 6.35. The summed E-state index contributed by atoms with van der Waals surface area (Å²) in [5.74, 6) is 8.60. The molecule has 18 nitrogen and oxygen atoms in total. The van der Waals surface area contributed by atoms with Crippen LogP contribution >= 0.6 is 0 Å². The third kappa shape index (κ3) is 15.0. The van der Waals surface area contributed by atoms with E-state index < -0.39 is 55.0 Å². The number of anilines is 1. The van der Waals surface area contributed by atoms with Crippen molar-refractivity contribution in [1.82, 2.24) is 35.1 Å². The summed E-state index contributed by atoms with van der Waals surface area (Å²) < 4.78 is 61.7. The first-order chi connectivity index (χ1) is 34.1. The molecule has 3 aromatic rings. The largest absolute Gasteiger partial charge is 0.465 e. The van der Waals surface area contributed by atoms with Crippen molar-refractivity contribution in [2.24, 2.45) is 28.8 Å². The van der Waals surface area contributed by atoms with Crippen molar-refractivity contribution in [2.45, 2.75) is 143 Å². The van der Waals surface area contributed by atoms with Gasteiger partial charge in [0.25, 0.3) is 5.91 Å². The van der Waals surface area contributed by atoms with E-state index in [-0.39, 0.29) is 34.3 Å². The number of nitrogens with two attached hydrogens (primary N) is 3. The van der Waals surface area contributed by atoms with Crippen molar-refractivity contribution in [3.05, 3.63) is 60.2 Å². The molecule has 2 aliphatic rings. The molecule has 2 aromatic heterocycles. The van der Waals surface area contributed by atoms with Gasteiger partial charge in [-0.2, -0.15) is 8.78 Å². The quantitative estimate of drug-likeness (QED) is 0.0171. The molecule has 1 aromatic carbocycles. The number of nitrogens with zero attached hydrogens (tertiary/aromatic N) is 6. The molecule has 72 heavy (non-hydrogen) atoms. The molecular weight excluding hydrogens is 936 g/mol. The first-order valence-corrected chi connectivity index (χ1v) is 24.9. The predicted octanol–water partition coefficient (Wildman–Crippen LogP) is 6.52. The molecule has 5 rings (SSSR count). The number of rotatable bonds is 23. The Hall–Kier alpha value is -5.48. The number of benzene rings is 1. The number of morpholine rings is 1. The van der Waals surface area contributed by atoms with E-state index in [1.165, 1.54) is 36.1 Å². The van der Waals surface area contributed by atoms with E-state index in [9.17, 15) is 28.0 Å². The molecule has 1 saturated heterocycles. The number of ether oxygens (including phenoxy) is 3. The molecule has 0 spiro atoms. The number of amides is 4. The van der Waals surface area contributed by atoms with Crippen LogP contribution in [0.4, 0.5) is 23.7 Å². The Morgan fingerprint density at radius 2 is 1.75 bits per heavy atom. The van der Waals surface area contributed by atoms with Gasteiger partial charge in [0.2, 0.25) is 5.91 Å². The molecule has 4 amide bonds. The monoisotopic (exact) mass is 1020 g/mol. The van der Waals surface area contributed by atoms with Gasteiger partial charge in [-0.25, -0.2) is 20.0 Å². The number of methoxy groups -OCH3 is 1. The van der Waals surface area contributed by atoms with Crippen LogP contribution in [0.5, 0.6) is 0 Å². The number of nitrogens with one attached hydrogen (secondary N) is 2. The number of fused-ring (bicyclic) bond motifs is 1. The zero-order valence-corrected chi connectivity index (χ0v) is 43.9. The second kappa shape index (κ2) is 27.0. The van der Waals surface area contributed by atoms with Crippen LogP contribution in [0.1, 0.15) is 111 Å². The summed E-state index contributed by atoms with van der Waals surface area (Å²) in [5.41, 5.74) is 11.8. The fraction of sp³-hybridized carbons (Fsp3) is 0.627. The molecular formula is C51H80F3N11O7. The summed E-state index contributed by atoms with van der Waals surface area (Å²) in [6, 6.07) is 7.26. The van der Waals surface area contributed by atoms with Gasteiger partial charge in [-0.1, -0.05) is 40.5 Å². The van der Waals surface area contributed by atoms with E-state index in [4.69, 9.17) is 36.6 Å². The highest BCUT2D eigenvalue weighted by molar-refractivity contribution is 5.95. The molecule has 1 saturated carbocycles. The number of halogens is 3. The lowest BCUT2D eigenvalue weighted by atomic mass is 9.75. The van der Waals surface area contributed by atoms with Crippen LogP contribution < -0.4 is 33.1 Å². The number of hydrogen-bond donors (Lipinski definition) is 5. The summed E-state index contributed by atoms with van der Waals surface area (Å²) in [4.78, 5) is 58.0. The second-order valence-electron chi connectivity index (χ2n) is 19.9. The van der Waals surface area contributed by atoms with Crippen molar-refractivity contribution in [3.63, 3.8) is 0 Å². The Morgan fingerprint density at radius 3 is 2.33 bits per heavy atom. The van der Waals surface area contributed by atoms with Crippen LogP contribution in [-0.2, 0) is 41.6 Å². The smallest absolute Gasteiger partial charge is 0.342 e. The van der Waals surface area contributed by atoms with Crippen molar-refractivity contribution in [2.75, 3.05) is 58.5 Å². The number of esters is 1. The molecule has 402 valence electrons. The highest BCUT2D eigenvalue weighted by atomic mass is 19.3. The van der Waals surface area contributed by atoms with Crippen LogP contribution in [0.15, 0.2) is 48.9 Å². The minimum atomic E-state index is -3.26. The average Bonchev–Trinajstić information content (AvgIpc) is 3.63. The van der Waals surface area contributed by atoms with Crippen molar-refractivity contribution in [3.8, 4) is 11.3 Å². The molecule has 0 bridgehead atoms. The van der Waals surface area contributed by atoms with Gasteiger partial charge in [0.15, 0.2) is 5.67 Å². The number of likely N-dealkylation sites (N-methyl/N-ethyl adjacent to an activating group) is 1. The van der Waals surface area contributed by atoms with Crippen LogP contribution in [0.2, 0.25) is 0 Å². The Balaban J connectivity index is 0.000000312. The Kier molecular flexibility index (Phi) is 22.2. The van der Waals surface area contributed by atoms with Gasteiger partial charge < -0.3 is 39.6 Å². The number of aromatic nitrogens is 2. The molecule has 3 unspecified atom stereocenters. The topological polar surface area (TPSA) is 229 Å². The Labute approximate surface area is 423 Å². The lowest BCUT2D eigenvalue weighted by Crippen LogP contribution is -2.65. The van der Waals surface area contributed by atoms with E-state index in [2.05, 4.69) is 65.2 Å². The van der Waals surface area contributed by atoms with Crippen LogP contribution in [0, 0.1) is 11.3 Å². The fourth-order valence-electron chi connectivity index (χ4n) is 9.50. The maximum atomic E-state index is 15.5. The van der Waals surface area contributed by atoms with Gasteiger partial charge in [-0.15, -0.1) is 0 Å². The molecule has 1 aliphatic carbocycles. The molecule has 8 N–H and O–H groups in total. The number of carbonyl (C=O) groups is 4. The summed E-state index contributed by atoms with van der Waals surface area (Å²) in [6.45, 7) is 17.2. The molecule has 1 aliphatic heterocycles. The molecule has 2 fully saturated rings. The minimum absolute atomic E-state index is 0.114. The van der Waals surface area contributed by atoms with Crippen molar-refractivity contribution >= 4 is 40.4 Å². The van der Waals surface area contributed by atoms with Gasteiger partial charge in [0.05, 0.1) is 37.3 Å². The maximum absolute atomic E-state index is 15.5. The van der Waals surface area contributed by atoms with E-state index in [1.807, 2.05) is 26.1 Å². The van der Waals surface area contributed by atoms with Crippen molar-refractivity contribution in [1.29, 1.82) is 0 Å². The zero-order chi connectivity index (χ0) is 53.5. The Bertz CT molecular complexity index is 2280. The SMILES string of the molecule is CC(CCCCCNN)NC(=O)C(C(C)C)N(C)C(=O)C1(F)CC(N(C(=O)N(N)/C=C\N)C(F)F)C1.CCn1c(-c2cccnc2C(C)OC)c(CC(C)(C)COC(C)=O)c2cc(N3CCOCC3)ccc21. The number of unbranched alkanes of at least 4 members (excludes halogenated alkanes) is 2. The standard InChI is InChI=1S/C29H39N3O4.C22H41F3N8O3/c1-7-32-26-11-10-22(31-13-15-35-16-14-31)17-24(26)25(18-29(4,5)19-36-21(3)33)28(32)23-9-8-12-30-27(23)20(2)34-6;1-14(2)17(18(34)30-15(3)8-6-5-7-10-29-27)31(4)19(35)22(25)12-16(13-22)33(20(23)24)21(36)32(28)11-9-26/h8-12,17,20H,7,13-16,18-19H2,1-6H3;9,11,14-17,20,29H,5-8,10,12-13,26-28H2,1-4H3,(H,30,34)/b;11-9-. The number of alkyl halides is 3. The van der Waals surface area contributed by atoms with E-state index in [1.54, 1.807) is 21.0 Å². The molecule has 21 heteroatoms. The second-order valence-corrected chi connectivity index (χ2v) is 19.9. The van der Waals surface area contributed by atoms with Crippen LogP contribution in [-0.4, -0.2) is 132 Å². The van der Waals surface area contributed by atoms with Gasteiger partial charge in [-0.05, 0) is 81.8 Å². The highest BCUT2D eigenvalue weighted by Gasteiger charge is 2.57. The number of aryl methyl sites for hydroxylation is 1. The number of urea groups is 1. The van der Waals surface area contributed by atoms with Gasteiger partial charge >= 0.3 is 18.5 Å². The van der Waals surface area contributed by atoms with Gasteiger partial charge in [-0.3, -0.25) is 35.5 Å². The van der Waals surface area contributed by atoms with Crippen LogP contribution in [0.3, 0.4) is 0 Å². The molecule has 0 radical (unpaired) electrons. The number of pyridine rings is 1. The summed E-state index contributed by atoms with van der Waals surface area (Å²) >= 11 is 0. The molecule has 3 heterocycles. The first kappa shape index (κ1) is 59.1. The van der Waals surface area contributed by atoms with E-state index in [0.717, 1.165) is 99.2 Å². The lowest BCUT2D eigenvalue weighted by molar-refractivity contribution is -0.163. The van der Waals surface area contributed by atoms with Crippen molar-refractivity contribution < 1.29 is 46.6 Å². The average molecular weight is 1020 g/mol. The number of hydrogen-bond acceptors (Lipinski definition) is 13. The minimum Gasteiger partial charge on any atom is -0.465 e. The fourth-order valence-corrected chi connectivity index (χ4v) is 9.50. The first-order valence-electron chi connectivity index (χ1n) is 24.9. The lowest BCUT2D eigenvalue weighted by Gasteiger charge is -2.47. The summed E-state index contributed by atoms with van der Waals surface area (Å²) in [5, 5.41) is 4.46. The third-order valence-corrected chi connectivity index (χ3v) is 13.3. The van der Waals surface area contributed by atoms with E-state index in [0.29, 0.717) is 18.2 Å². The normalized spacial score (nSPS) is 18.3. The third-order valence-electron chi connectivity index (χ3n) is 13.3. The highest BCUT2D eigenvalue weighted by Crippen LogP contribution is 2.44. The number of hydrazine groups is 2. The van der Waals surface area contributed by atoms with E-state index >= 15 is 4.39 Å². The number of carbonyl (C=O) groups excluding carboxylic acids is 4. The van der Waals surface area contributed by atoms with Crippen LogP contribution in [0.25, 0.3) is 22.2 Å². The predicted molar refractivity (Wildman–Crippen MR) is 273 cm³/mol.